The molecule has 0 amide bonds. The summed E-state index contributed by atoms with van der Waals surface area (Å²) < 4.78 is 17.6. The van der Waals surface area contributed by atoms with Gasteiger partial charge in [-0.25, -0.2) is 4.39 Å². The molecule has 0 fully saturated rings. The van der Waals surface area contributed by atoms with Crippen molar-refractivity contribution in [1.82, 2.24) is 4.37 Å². The van der Waals surface area contributed by atoms with Crippen LogP contribution in [0.4, 0.5) is 10.2 Å². The summed E-state index contributed by atoms with van der Waals surface area (Å²) in [7, 11) is 0. The Morgan fingerprint density at radius 3 is 2.79 bits per heavy atom. The molecule has 1 aromatic carbocycles. The molecule has 0 atom stereocenters. The fourth-order valence-electron chi connectivity index (χ4n) is 1.10. The minimum absolute atomic E-state index is 0.263. The minimum Gasteiger partial charge on any atom is -0.382 e. The van der Waals surface area contributed by atoms with E-state index < -0.39 is 0 Å². The van der Waals surface area contributed by atoms with E-state index in [1.807, 2.05) is 6.07 Å². The molecular formula is C9H6BrFN2S. The van der Waals surface area contributed by atoms with Gasteiger partial charge in [0.2, 0.25) is 0 Å². The highest BCUT2D eigenvalue weighted by molar-refractivity contribution is 9.10. The Morgan fingerprint density at radius 1 is 1.43 bits per heavy atom. The number of nitrogens with two attached hydrogens (primary N) is 1. The number of benzene rings is 1. The van der Waals surface area contributed by atoms with E-state index in [-0.39, 0.29) is 5.82 Å². The Balaban J connectivity index is 2.55. The quantitative estimate of drug-likeness (QED) is 0.865. The van der Waals surface area contributed by atoms with Gasteiger partial charge < -0.3 is 5.73 Å². The third-order valence-electron chi connectivity index (χ3n) is 1.75. The first kappa shape index (κ1) is 9.61. The first-order chi connectivity index (χ1) is 6.68. The molecular weight excluding hydrogens is 267 g/mol. The number of hydrogen-bond donors (Lipinski definition) is 1. The van der Waals surface area contributed by atoms with Crippen LogP contribution in [0.2, 0.25) is 0 Å². The van der Waals surface area contributed by atoms with Gasteiger partial charge in [-0.15, -0.1) is 0 Å². The highest BCUT2D eigenvalue weighted by Gasteiger charge is 2.10. The van der Waals surface area contributed by atoms with Crippen LogP contribution in [0.25, 0.3) is 10.4 Å². The van der Waals surface area contributed by atoms with E-state index in [2.05, 4.69) is 20.3 Å². The van der Waals surface area contributed by atoms with Crippen molar-refractivity contribution < 1.29 is 4.39 Å². The van der Waals surface area contributed by atoms with Crippen LogP contribution in [-0.4, -0.2) is 4.37 Å². The lowest BCUT2D eigenvalue weighted by Gasteiger charge is -1.97. The monoisotopic (exact) mass is 272 g/mol. The lowest BCUT2D eigenvalue weighted by molar-refractivity contribution is 0.628. The van der Waals surface area contributed by atoms with Crippen LogP contribution < -0.4 is 5.73 Å². The summed E-state index contributed by atoms with van der Waals surface area (Å²) in [4.78, 5) is 0.849. The van der Waals surface area contributed by atoms with Gasteiger partial charge in [0.05, 0.1) is 9.35 Å². The summed E-state index contributed by atoms with van der Waals surface area (Å²) in [6.07, 6.45) is 0. The zero-order valence-electron chi connectivity index (χ0n) is 7.00. The summed E-state index contributed by atoms with van der Waals surface area (Å²) in [6.45, 7) is 0. The summed E-state index contributed by atoms with van der Waals surface area (Å²) in [5, 5.41) is 0. The lowest BCUT2D eigenvalue weighted by Crippen LogP contribution is -1.83. The SMILES string of the molecule is Nc1nsc(-c2cccc(F)c2)c1Br. The van der Waals surface area contributed by atoms with Crippen LogP contribution in [0.3, 0.4) is 0 Å². The Morgan fingerprint density at radius 2 is 2.21 bits per heavy atom. The maximum Gasteiger partial charge on any atom is 0.152 e. The van der Waals surface area contributed by atoms with Crippen molar-refractivity contribution in [2.24, 2.45) is 0 Å². The summed E-state index contributed by atoms with van der Waals surface area (Å²) >= 11 is 4.56. The second-order valence-electron chi connectivity index (χ2n) is 2.72. The molecule has 0 saturated carbocycles. The van der Waals surface area contributed by atoms with E-state index in [1.165, 1.54) is 23.7 Å². The van der Waals surface area contributed by atoms with Gasteiger partial charge in [-0.3, -0.25) is 0 Å². The zero-order chi connectivity index (χ0) is 10.1. The molecule has 5 heteroatoms. The third kappa shape index (κ3) is 1.65. The van der Waals surface area contributed by atoms with E-state index in [1.54, 1.807) is 6.07 Å². The van der Waals surface area contributed by atoms with E-state index >= 15 is 0 Å². The Hall–Kier alpha value is -0.940. The fraction of sp³-hybridized carbons (Fsp3) is 0. The van der Waals surface area contributed by atoms with Crippen LogP contribution >= 0.6 is 27.5 Å². The number of nitrogens with zero attached hydrogens (tertiary/aromatic N) is 1. The van der Waals surface area contributed by atoms with Crippen LogP contribution in [0.5, 0.6) is 0 Å². The van der Waals surface area contributed by atoms with Crippen LogP contribution in [0.15, 0.2) is 28.7 Å². The molecule has 2 aromatic rings. The van der Waals surface area contributed by atoms with Gasteiger partial charge in [0.25, 0.3) is 0 Å². The molecule has 0 radical (unpaired) electrons. The fourth-order valence-corrected chi connectivity index (χ4v) is 2.45. The predicted molar refractivity (Wildman–Crippen MR) is 59.6 cm³/mol. The normalized spacial score (nSPS) is 10.4. The van der Waals surface area contributed by atoms with E-state index in [0.717, 1.165) is 14.9 Å². The first-order valence-corrected chi connectivity index (χ1v) is 5.41. The van der Waals surface area contributed by atoms with Crippen molar-refractivity contribution >= 4 is 33.3 Å². The van der Waals surface area contributed by atoms with Crippen molar-refractivity contribution in [3.63, 3.8) is 0 Å². The molecule has 0 unspecified atom stereocenters. The van der Waals surface area contributed by atoms with Gasteiger partial charge in [-0.05, 0) is 45.2 Å². The average molecular weight is 273 g/mol. The molecule has 0 aliphatic heterocycles. The largest absolute Gasteiger partial charge is 0.382 e. The number of rotatable bonds is 1. The Bertz CT molecular complexity index is 470. The van der Waals surface area contributed by atoms with Gasteiger partial charge >= 0.3 is 0 Å². The Labute approximate surface area is 92.9 Å². The highest BCUT2D eigenvalue weighted by atomic mass is 79.9. The molecule has 0 aliphatic carbocycles. The maximum absolute atomic E-state index is 12.9. The van der Waals surface area contributed by atoms with Crippen molar-refractivity contribution in [3.05, 3.63) is 34.6 Å². The molecule has 0 bridgehead atoms. The van der Waals surface area contributed by atoms with Gasteiger partial charge in [-0.1, -0.05) is 12.1 Å². The van der Waals surface area contributed by atoms with Crippen LogP contribution in [0.1, 0.15) is 0 Å². The molecule has 1 heterocycles. The average Bonchev–Trinajstić information content (AvgIpc) is 2.48. The Kier molecular flexibility index (Phi) is 2.52. The number of anilines is 1. The lowest BCUT2D eigenvalue weighted by atomic mass is 10.2. The number of aromatic nitrogens is 1. The maximum atomic E-state index is 12.9. The number of nitrogen functional groups attached to an aromatic ring is 1. The highest BCUT2D eigenvalue weighted by Crippen LogP contribution is 2.36. The van der Waals surface area contributed by atoms with E-state index in [0.29, 0.717) is 5.82 Å². The molecule has 2 N–H and O–H groups in total. The summed E-state index contributed by atoms with van der Waals surface area (Å²) in [6, 6.07) is 6.34. The molecule has 2 rings (SSSR count). The topological polar surface area (TPSA) is 38.9 Å². The molecule has 0 saturated heterocycles. The van der Waals surface area contributed by atoms with Crippen LogP contribution in [0, 0.1) is 5.82 Å². The molecule has 14 heavy (non-hydrogen) atoms. The van der Waals surface area contributed by atoms with Crippen molar-refractivity contribution in [2.75, 3.05) is 5.73 Å². The van der Waals surface area contributed by atoms with Gasteiger partial charge in [0.1, 0.15) is 5.82 Å². The smallest absolute Gasteiger partial charge is 0.152 e. The zero-order valence-corrected chi connectivity index (χ0v) is 9.40. The molecule has 72 valence electrons. The number of hydrogen-bond acceptors (Lipinski definition) is 3. The standard InChI is InChI=1S/C9H6BrFN2S/c10-7-8(14-13-9(7)12)5-2-1-3-6(11)4-5/h1-4H,(H2,12,13). The summed E-state index contributed by atoms with van der Waals surface area (Å²) in [5.74, 6) is 0.177. The van der Waals surface area contributed by atoms with Gasteiger partial charge in [0.15, 0.2) is 5.82 Å². The van der Waals surface area contributed by atoms with Crippen molar-refractivity contribution in [1.29, 1.82) is 0 Å². The van der Waals surface area contributed by atoms with E-state index in [4.69, 9.17) is 5.73 Å². The van der Waals surface area contributed by atoms with Gasteiger partial charge in [0, 0.05) is 0 Å². The summed E-state index contributed by atoms with van der Waals surface area (Å²) in [5.41, 5.74) is 6.36. The van der Waals surface area contributed by atoms with Gasteiger partial charge in [-0.2, -0.15) is 4.37 Å². The third-order valence-corrected chi connectivity index (χ3v) is 3.72. The van der Waals surface area contributed by atoms with E-state index in [9.17, 15) is 4.39 Å². The molecule has 0 aliphatic rings. The first-order valence-electron chi connectivity index (χ1n) is 3.85. The minimum atomic E-state index is -0.263. The molecule has 0 spiro atoms. The predicted octanol–water partition coefficient (Wildman–Crippen LogP) is 3.29. The number of halogens is 2. The second kappa shape index (κ2) is 3.67. The molecule has 1 aromatic heterocycles. The van der Waals surface area contributed by atoms with Crippen molar-refractivity contribution in [2.45, 2.75) is 0 Å². The van der Waals surface area contributed by atoms with Crippen molar-refractivity contribution in [3.8, 4) is 10.4 Å². The van der Waals surface area contributed by atoms with Crippen LogP contribution in [-0.2, 0) is 0 Å². The second-order valence-corrected chi connectivity index (χ2v) is 4.29. The molecule has 2 nitrogen and oxygen atoms in total.